The molecule has 2 N–H and O–H groups in total. The lowest BCUT2D eigenvalue weighted by Gasteiger charge is -2.13. The third kappa shape index (κ3) is 5.72. The quantitative estimate of drug-likeness (QED) is 0.772. The zero-order valence-electron chi connectivity index (χ0n) is 10.8. The molecule has 1 aromatic rings. The first-order chi connectivity index (χ1) is 8.99. The highest BCUT2D eigenvalue weighted by Crippen LogP contribution is 2.04. The van der Waals surface area contributed by atoms with Crippen molar-refractivity contribution in [3.8, 4) is 0 Å². The van der Waals surface area contributed by atoms with Crippen LogP contribution in [0.2, 0.25) is 0 Å². The van der Waals surface area contributed by atoms with E-state index in [-0.39, 0.29) is 24.6 Å². The minimum Gasteiger partial charge on any atom is -0.478 e. The Morgan fingerprint density at radius 1 is 1.37 bits per heavy atom. The molecule has 0 saturated heterocycles. The Kier molecular flexibility index (Phi) is 5.60. The van der Waals surface area contributed by atoms with E-state index in [0.29, 0.717) is 0 Å². The number of ether oxygens (including phenoxy) is 1. The van der Waals surface area contributed by atoms with Crippen LogP contribution in [0.1, 0.15) is 18.9 Å². The molecule has 19 heavy (non-hydrogen) atoms. The fourth-order valence-corrected chi connectivity index (χ4v) is 1.47. The zero-order chi connectivity index (χ0) is 14.3. The van der Waals surface area contributed by atoms with Gasteiger partial charge in [-0.25, -0.2) is 9.59 Å². The van der Waals surface area contributed by atoms with E-state index in [4.69, 9.17) is 9.84 Å². The maximum atomic E-state index is 11.5. The number of nitrogens with one attached hydrogen (secondary N) is 1. The average molecular weight is 263 g/mol. The van der Waals surface area contributed by atoms with Crippen LogP contribution in [0, 0.1) is 0 Å². The first-order valence-corrected chi connectivity index (χ1v) is 5.87. The molecule has 0 aliphatic carbocycles. The number of carbonyl (C=O) groups is 2. The normalized spacial score (nSPS) is 11.4. The maximum absolute atomic E-state index is 11.5. The Morgan fingerprint density at radius 3 is 2.58 bits per heavy atom. The number of carboxylic acid groups (broad SMARTS) is 1. The smallest absolute Gasteiger partial charge is 0.407 e. The summed E-state index contributed by atoms with van der Waals surface area (Å²) in [6.07, 6.45) is -0.398. The second-order valence-electron chi connectivity index (χ2n) is 4.22. The topological polar surface area (TPSA) is 75.6 Å². The second-order valence-corrected chi connectivity index (χ2v) is 4.22. The van der Waals surface area contributed by atoms with Gasteiger partial charge in [0.15, 0.2) is 0 Å². The molecule has 1 atom stereocenters. The van der Waals surface area contributed by atoms with Gasteiger partial charge in [-0.3, -0.25) is 0 Å². The number of hydrogen-bond donors (Lipinski definition) is 2. The molecule has 1 amide bonds. The summed E-state index contributed by atoms with van der Waals surface area (Å²) in [7, 11) is 0. The number of carbonyl (C=O) groups excluding carboxylic acids is 1. The van der Waals surface area contributed by atoms with E-state index in [0.717, 1.165) is 5.56 Å². The SMILES string of the molecule is C=C(C[C@@H](C)NC(=O)OCc1ccccc1)C(=O)O. The molecular weight excluding hydrogens is 246 g/mol. The summed E-state index contributed by atoms with van der Waals surface area (Å²) in [4.78, 5) is 22.1. The van der Waals surface area contributed by atoms with E-state index in [2.05, 4.69) is 11.9 Å². The molecule has 0 unspecified atom stereocenters. The van der Waals surface area contributed by atoms with Crippen molar-refractivity contribution in [3.63, 3.8) is 0 Å². The summed E-state index contributed by atoms with van der Waals surface area (Å²) in [6.45, 7) is 5.28. The van der Waals surface area contributed by atoms with E-state index in [1.165, 1.54) is 0 Å². The molecule has 102 valence electrons. The van der Waals surface area contributed by atoms with Crippen LogP contribution in [-0.4, -0.2) is 23.2 Å². The van der Waals surface area contributed by atoms with Crippen molar-refractivity contribution in [1.29, 1.82) is 0 Å². The molecule has 5 heteroatoms. The van der Waals surface area contributed by atoms with Crippen LogP contribution in [-0.2, 0) is 16.1 Å². The fourth-order valence-electron chi connectivity index (χ4n) is 1.47. The van der Waals surface area contributed by atoms with Crippen LogP contribution in [0.3, 0.4) is 0 Å². The Morgan fingerprint density at radius 2 is 2.00 bits per heavy atom. The minimum absolute atomic E-state index is 0.0517. The molecule has 5 nitrogen and oxygen atoms in total. The molecule has 0 fully saturated rings. The van der Waals surface area contributed by atoms with Crippen molar-refractivity contribution in [1.82, 2.24) is 5.32 Å². The van der Waals surface area contributed by atoms with Gasteiger partial charge in [0.1, 0.15) is 6.61 Å². The lowest BCUT2D eigenvalue weighted by molar-refractivity contribution is -0.132. The van der Waals surface area contributed by atoms with Gasteiger partial charge in [0.05, 0.1) is 0 Å². The summed E-state index contributed by atoms with van der Waals surface area (Å²) in [6, 6.07) is 8.95. The molecular formula is C14H17NO4. The molecule has 0 bridgehead atoms. The van der Waals surface area contributed by atoms with Crippen LogP contribution >= 0.6 is 0 Å². The first-order valence-electron chi connectivity index (χ1n) is 5.87. The standard InChI is InChI=1S/C14H17NO4/c1-10(13(16)17)8-11(2)15-14(18)19-9-12-6-4-3-5-7-12/h3-7,11H,1,8-9H2,2H3,(H,15,18)(H,16,17)/t11-/m1/s1. The van der Waals surface area contributed by atoms with Crippen molar-refractivity contribution in [2.75, 3.05) is 0 Å². The van der Waals surface area contributed by atoms with Gasteiger partial charge in [0, 0.05) is 11.6 Å². The number of hydrogen-bond acceptors (Lipinski definition) is 3. The first kappa shape index (κ1) is 14.8. The summed E-state index contributed by atoms with van der Waals surface area (Å²) >= 11 is 0. The van der Waals surface area contributed by atoms with Crippen LogP contribution in [0.4, 0.5) is 4.79 Å². The van der Waals surface area contributed by atoms with Gasteiger partial charge >= 0.3 is 12.1 Å². The molecule has 0 saturated carbocycles. The second kappa shape index (κ2) is 7.20. The van der Waals surface area contributed by atoms with Crippen molar-refractivity contribution in [2.45, 2.75) is 26.0 Å². The number of carboxylic acids is 1. The van der Waals surface area contributed by atoms with Crippen molar-refractivity contribution >= 4 is 12.1 Å². The Balaban J connectivity index is 2.31. The maximum Gasteiger partial charge on any atom is 0.407 e. The largest absolute Gasteiger partial charge is 0.478 e. The number of rotatable bonds is 6. The van der Waals surface area contributed by atoms with Crippen LogP contribution < -0.4 is 5.32 Å². The van der Waals surface area contributed by atoms with Gasteiger partial charge in [-0.15, -0.1) is 0 Å². The molecule has 0 aromatic heterocycles. The van der Waals surface area contributed by atoms with Gasteiger partial charge in [-0.05, 0) is 18.9 Å². The van der Waals surface area contributed by atoms with E-state index in [1.807, 2.05) is 30.3 Å². The minimum atomic E-state index is -1.06. The predicted octanol–water partition coefficient (Wildman–Crippen LogP) is 2.33. The van der Waals surface area contributed by atoms with Gasteiger partial charge < -0.3 is 15.2 Å². The highest BCUT2D eigenvalue weighted by molar-refractivity contribution is 5.85. The molecule has 1 rings (SSSR count). The number of aliphatic carboxylic acids is 1. The Hall–Kier alpha value is -2.30. The predicted molar refractivity (Wildman–Crippen MR) is 70.6 cm³/mol. The zero-order valence-corrected chi connectivity index (χ0v) is 10.8. The molecule has 0 spiro atoms. The Bertz CT molecular complexity index is 456. The summed E-state index contributed by atoms with van der Waals surface area (Å²) in [5, 5.41) is 11.2. The lowest BCUT2D eigenvalue weighted by Crippen LogP contribution is -2.33. The Labute approximate surface area is 111 Å². The molecule has 0 heterocycles. The van der Waals surface area contributed by atoms with E-state index in [9.17, 15) is 9.59 Å². The average Bonchev–Trinajstić information content (AvgIpc) is 2.37. The summed E-state index contributed by atoms with van der Waals surface area (Å²) in [5.41, 5.74) is 0.941. The monoisotopic (exact) mass is 263 g/mol. The van der Waals surface area contributed by atoms with Gasteiger partial charge in [-0.1, -0.05) is 36.9 Å². The number of alkyl carbamates (subject to hydrolysis) is 1. The fraction of sp³-hybridized carbons (Fsp3) is 0.286. The van der Waals surface area contributed by atoms with E-state index >= 15 is 0 Å². The highest BCUT2D eigenvalue weighted by Gasteiger charge is 2.13. The van der Waals surface area contributed by atoms with E-state index < -0.39 is 12.1 Å². The van der Waals surface area contributed by atoms with Gasteiger partial charge in [0.2, 0.25) is 0 Å². The highest BCUT2D eigenvalue weighted by atomic mass is 16.5. The summed E-state index contributed by atoms with van der Waals surface area (Å²) < 4.78 is 5.01. The van der Waals surface area contributed by atoms with Crippen molar-refractivity contribution in [2.24, 2.45) is 0 Å². The van der Waals surface area contributed by atoms with Crippen molar-refractivity contribution < 1.29 is 19.4 Å². The van der Waals surface area contributed by atoms with Crippen molar-refractivity contribution in [3.05, 3.63) is 48.0 Å². The third-order valence-corrected chi connectivity index (χ3v) is 2.43. The van der Waals surface area contributed by atoms with Crippen LogP contribution in [0.25, 0.3) is 0 Å². The third-order valence-electron chi connectivity index (χ3n) is 2.43. The van der Waals surface area contributed by atoms with Crippen LogP contribution in [0.5, 0.6) is 0 Å². The number of benzene rings is 1. The van der Waals surface area contributed by atoms with Gasteiger partial charge in [-0.2, -0.15) is 0 Å². The summed E-state index contributed by atoms with van der Waals surface area (Å²) in [5.74, 6) is -1.06. The number of amides is 1. The van der Waals surface area contributed by atoms with Gasteiger partial charge in [0.25, 0.3) is 0 Å². The lowest BCUT2D eigenvalue weighted by atomic mass is 10.1. The van der Waals surface area contributed by atoms with E-state index in [1.54, 1.807) is 6.92 Å². The van der Waals surface area contributed by atoms with Crippen LogP contribution in [0.15, 0.2) is 42.5 Å². The molecule has 1 aromatic carbocycles. The molecule has 0 radical (unpaired) electrons. The molecule has 0 aliphatic rings. The molecule has 0 aliphatic heterocycles.